The Bertz CT molecular complexity index is 868. The number of ether oxygens (including phenoxy) is 1. The number of amides is 3. The number of benzene rings is 1. The molecule has 1 aromatic heterocycles. The summed E-state index contributed by atoms with van der Waals surface area (Å²) in [6.07, 6.45) is 1.20. The zero-order valence-corrected chi connectivity index (χ0v) is 15.4. The van der Waals surface area contributed by atoms with Gasteiger partial charge in [0.2, 0.25) is 5.89 Å². The quantitative estimate of drug-likeness (QED) is 0.797. The van der Waals surface area contributed by atoms with Crippen molar-refractivity contribution >= 4 is 11.9 Å². The third-order valence-electron chi connectivity index (χ3n) is 5.24. The largest absolute Gasteiger partial charge is 0.497 e. The van der Waals surface area contributed by atoms with Crippen LogP contribution in [0.1, 0.15) is 24.3 Å². The van der Waals surface area contributed by atoms with Crippen molar-refractivity contribution in [2.24, 2.45) is 0 Å². The molecule has 0 atom stereocenters. The van der Waals surface area contributed by atoms with Gasteiger partial charge >= 0.3 is 6.03 Å². The number of oxazole rings is 1. The second kappa shape index (κ2) is 6.70. The molecule has 2 aromatic rings. The van der Waals surface area contributed by atoms with E-state index in [0.29, 0.717) is 43.3 Å². The van der Waals surface area contributed by atoms with Crippen molar-refractivity contribution in [1.29, 1.82) is 0 Å². The summed E-state index contributed by atoms with van der Waals surface area (Å²) in [5.74, 6) is 1.61. The molecule has 2 aliphatic rings. The van der Waals surface area contributed by atoms with E-state index in [2.05, 4.69) is 15.6 Å². The van der Waals surface area contributed by atoms with Gasteiger partial charge in [-0.2, -0.15) is 0 Å². The average molecular weight is 370 g/mol. The van der Waals surface area contributed by atoms with Gasteiger partial charge in [-0.25, -0.2) is 9.78 Å². The van der Waals surface area contributed by atoms with Gasteiger partial charge in [-0.15, -0.1) is 0 Å². The van der Waals surface area contributed by atoms with Gasteiger partial charge in [0.15, 0.2) is 0 Å². The monoisotopic (exact) mass is 370 g/mol. The fraction of sp³-hybridized carbons (Fsp3) is 0.421. The van der Waals surface area contributed by atoms with Gasteiger partial charge in [0.05, 0.1) is 13.7 Å². The van der Waals surface area contributed by atoms with Crippen molar-refractivity contribution in [2.75, 3.05) is 20.2 Å². The fourth-order valence-electron chi connectivity index (χ4n) is 3.59. The maximum absolute atomic E-state index is 12.9. The van der Waals surface area contributed by atoms with E-state index in [4.69, 9.17) is 9.15 Å². The molecule has 1 spiro atoms. The highest BCUT2D eigenvalue weighted by atomic mass is 16.5. The normalized spacial score (nSPS) is 18.8. The van der Waals surface area contributed by atoms with Crippen molar-refractivity contribution in [3.05, 3.63) is 35.7 Å². The maximum atomic E-state index is 12.9. The molecule has 8 heteroatoms. The Balaban J connectivity index is 1.55. The molecule has 0 aliphatic carbocycles. The SMILES string of the molecule is COc1ccc(-c2nc(CN3C(=O)NC4(CCNCC4)C3=O)c(C)o2)cc1. The van der Waals surface area contributed by atoms with Crippen LogP contribution < -0.4 is 15.4 Å². The molecule has 0 unspecified atom stereocenters. The third-order valence-corrected chi connectivity index (χ3v) is 5.24. The lowest BCUT2D eigenvalue weighted by molar-refractivity contribution is -0.132. The summed E-state index contributed by atoms with van der Waals surface area (Å²) in [6.45, 7) is 3.31. The van der Waals surface area contributed by atoms with E-state index in [0.717, 1.165) is 11.3 Å². The highest BCUT2D eigenvalue weighted by molar-refractivity contribution is 6.07. The number of carbonyl (C=O) groups is 2. The van der Waals surface area contributed by atoms with Crippen molar-refractivity contribution < 1.29 is 18.7 Å². The van der Waals surface area contributed by atoms with E-state index < -0.39 is 5.54 Å². The Kier molecular flexibility index (Phi) is 4.35. The lowest BCUT2D eigenvalue weighted by Gasteiger charge is -2.31. The molecule has 3 amide bonds. The van der Waals surface area contributed by atoms with Crippen molar-refractivity contribution in [3.8, 4) is 17.2 Å². The highest BCUT2D eigenvalue weighted by Crippen LogP contribution is 2.30. The molecule has 27 heavy (non-hydrogen) atoms. The molecule has 0 saturated carbocycles. The molecule has 0 bridgehead atoms. The minimum atomic E-state index is -0.779. The van der Waals surface area contributed by atoms with Crippen LogP contribution in [0, 0.1) is 6.92 Å². The second-order valence-electron chi connectivity index (χ2n) is 6.90. The van der Waals surface area contributed by atoms with Crippen LogP contribution in [0.3, 0.4) is 0 Å². The number of aryl methyl sites for hydroxylation is 1. The predicted molar refractivity (Wildman–Crippen MR) is 97.1 cm³/mol. The average Bonchev–Trinajstić information content (AvgIpc) is 3.16. The van der Waals surface area contributed by atoms with Crippen LogP contribution in [0.5, 0.6) is 5.75 Å². The van der Waals surface area contributed by atoms with Gasteiger partial charge in [0.1, 0.15) is 22.7 Å². The number of imide groups is 1. The third kappa shape index (κ3) is 3.06. The van der Waals surface area contributed by atoms with E-state index in [1.54, 1.807) is 14.0 Å². The van der Waals surface area contributed by atoms with Crippen molar-refractivity contribution in [3.63, 3.8) is 0 Å². The van der Waals surface area contributed by atoms with Gasteiger partial charge < -0.3 is 19.8 Å². The number of aromatic nitrogens is 1. The molecule has 3 heterocycles. The maximum Gasteiger partial charge on any atom is 0.325 e. The van der Waals surface area contributed by atoms with Crippen LogP contribution >= 0.6 is 0 Å². The number of hydrogen-bond acceptors (Lipinski definition) is 6. The first-order chi connectivity index (χ1) is 13.0. The number of rotatable bonds is 4. The first-order valence-electron chi connectivity index (χ1n) is 8.98. The summed E-state index contributed by atoms with van der Waals surface area (Å²) in [5, 5.41) is 6.10. The Morgan fingerprint density at radius 1 is 1.22 bits per heavy atom. The molecule has 4 rings (SSSR count). The van der Waals surface area contributed by atoms with Crippen molar-refractivity contribution in [2.45, 2.75) is 31.8 Å². The molecular weight excluding hydrogens is 348 g/mol. The second-order valence-corrected chi connectivity index (χ2v) is 6.90. The molecule has 2 fully saturated rings. The number of nitrogens with one attached hydrogen (secondary N) is 2. The van der Waals surface area contributed by atoms with Crippen LogP contribution in [-0.2, 0) is 11.3 Å². The first-order valence-corrected chi connectivity index (χ1v) is 8.98. The number of urea groups is 1. The van der Waals surface area contributed by atoms with Gasteiger partial charge in [0.25, 0.3) is 5.91 Å². The van der Waals surface area contributed by atoms with Crippen LogP contribution in [0.4, 0.5) is 4.79 Å². The summed E-state index contributed by atoms with van der Waals surface area (Å²) in [6, 6.07) is 6.99. The minimum absolute atomic E-state index is 0.103. The van der Waals surface area contributed by atoms with Gasteiger partial charge in [0, 0.05) is 5.56 Å². The lowest BCUT2D eigenvalue weighted by Crippen LogP contribution is -2.53. The van der Waals surface area contributed by atoms with E-state index in [-0.39, 0.29) is 18.5 Å². The smallest absolute Gasteiger partial charge is 0.325 e. The van der Waals surface area contributed by atoms with E-state index in [1.165, 1.54) is 4.90 Å². The fourth-order valence-corrected chi connectivity index (χ4v) is 3.59. The van der Waals surface area contributed by atoms with Gasteiger partial charge in [-0.05, 0) is 57.1 Å². The number of piperidine rings is 1. The predicted octanol–water partition coefficient (Wildman–Crippen LogP) is 1.83. The van der Waals surface area contributed by atoms with Crippen LogP contribution in [0.25, 0.3) is 11.5 Å². The lowest BCUT2D eigenvalue weighted by atomic mass is 9.88. The summed E-state index contributed by atoms with van der Waals surface area (Å²) in [5.41, 5.74) is 0.603. The van der Waals surface area contributed by atoms with Gasteiger partial charge in [-0.1, -0.05) is 0 Å². The Hall–Kier alpha value is -2.87. The summed E-state index contributed by atoms with van der Waals surface area (Å²) in [4.78, 5) is 31.1. The van der Waals surface area contributed by atoms with Gasteiger partial charge in [-0.3, -0.25) is 9.69 Å². The number of carbonyl (C=O) groups excluding carboxylic acids is 2. The Labute approximate surface area is 156 Å². The summed E-state index contributed by atoms with van der Waals surface area (Å²) in [7, 11) is 1.61. The molecule has 2 N–H and O–H groups in total. The number of nitrogens with zero attached hydrogens (tertiary/aromatic N) is 2. The zero-order chi connectivity index (χ0) is 19.0. The Morgan fingerprint density at radius 3 is 2.59 bits per heavy atom. The molecule has 2 aliphatic heterocycles. The summed E-state index contributed by atoms with van der Waals surface area (Å²) >= 11 is 0. The minimum Gasteiger partial charge on any atom is -0.497 e. The molecule has 8 nitrogen and oxygen atoms in total. The molecule has 142 valence electrons. The van der Waals surface area contributed by atoms with Crippen LogP contribution in [-0.4, -0.2) is 47.6 Å². The Morgan fingerprint density at radius 2 is 1.93 bits per heavy atom. The highest BCUT2D eigenvalue weighted by Gasteiger charge is 2.51. The molecule has 1 aromatic carbocycles. The standard InChI is InChI=1S/C19H22N4O4/c1-12-15(21-16(27-12)13-3-5-14(26-2)6-4-13)11-23-17(24)19(22-18(23)25)7-9-20-10-8-19/h3-6,20H,7-11H2,1-2H3,(H,22,25). The van der Waals surface area contributed by atoms with E-state index >= 15 is 0 Å². The zero-order valence-electron chi connectivity index (χ0n) is 15.4. The first kappa shape index (κ1) is 17.5. The van der Waals surface area contributed by atoms with E-state index in [1.807, 2.05) is 24.3 Å². The van der Waals surface area contributed by atoms with Crippen LogP contribution in [0.2, 0.25) is 0 Å². The number of hydrogen-bond donors (Lipinski definition) is 2. The van der Waals surface area contributed by atoms with E-state index in [9.17, 15) is 9.59 Å². The number of methoxy groups -OCH3 is 1. The summed E-state index contributed by atoms with van der Waals surface area (Å²) < 4.78 is 10.9. The molecule has 2 saturated heterocycles. The van der Waals surface area contributed by atoms with Crippen molar-refractivity contribution in [1.82, 2.24) is 20.5 Å². The molecular formula is C19H22N4O4. The van der Waals surface area contributed by atoms with Crippen LogP contribution in [0.15, 0.2) is 28.7 Å². The molecule has 0 radical (unpaired) electrons. The topological polar surface area (TPSA) is 96.7 Å².